The van der Waals surface area contributed by atoms with Crippen LogP contribution >= 0.6 is 0 Å². The third-order valence-electron chi connectivity index (χ3n) is 6.40. The van der Waals surface area contributed by atoms with Crippen molar-refractivity contribution in [1.29, 1.82) is 0 Å². The highest BCUT2D eigenvalue weighted by molar-refractivity contribution is 6.19. The van der Waals surface area contributed by atoms with Gasteiger partial charge in [-0.25, -0.2) is 0 Å². The number of hydrogen-bond acceptors (Lipinski definition) is 0. The van der Waals surface area contributed by atoms with E-state index in [1.807, 2.05) is 6.08 Å². The SMILES string of the molecule is C=Cc1c(/C=C\C)c2ccc3c4ccccc4n(-c4ccccc4)c3c2n1-c1ccccc1. The monoisotopic (exact) mass is 424 g/mol. The lowest BCUT2D eigenvalue weighted by molar-refractivity contribution is 1.10. The Labute approximate surface area is 193 Å². The standard InChI is InChI=1S/C31H24N2/c1-3-13-24-26-20-21-27-25-18-11-12-19-29(25)33(23-16-9-6-10-17-23)31(27)30(26)32(28(24)4-2)22-14-7-5-8-15-22/h3-21H,2H2,1H3/b13-3-. The van der Waals surface area contributed by atoms with E-state index in [0.29, 0.717) is 0 Å². The molecule has 6 rings (SSSR count). The second kappa shape index (κ2) is 7.68. The maximum atomic E-state index is 4.20. The molecule has 0 N–H and O–H groups in total. The third kappa shape index (κ3) is 2.81. The van der Waals surface area contributed by atoms with Crippen LogP contribution in [0.3, 0.4) is 0 Å². The van der Waals surface area contributed by atoms with E-state index in [9.17, 15) is 0 Å². The largest absolute Gasteiger partial charge is 0.307 e. The highest BCUT2D eigenvalue weighted by atomic mass is 15.0. The molecule has 2 aromatic heterocycles. The van der Waals surface area contributed by atoms with Gasteiger partial charge in [-0.2, -0.15) is 0 Å². The molecule has 0 aliphatic rings. The molecule has 4 aromatic carbocycles. The summed E-state index contributed by atoms with van der Waals surface area (Å²) in [6.45, 7) is 6.26. The van der Waals surface area contributed by atoms with Crippen molar-refractivity contribution in [3.05, 3.63) is 121 Å². The summed E-state index contributed by atoms with van der Waals surface area (Å²) in [5.41, 5.74) is 8.20. The summed E-state index contributed by atoms with van der Waals surface area (Å²) < 4.78 is 4.76. The van der Waals surface area contributed by atoms with Gasteiger partial charge < -0.3 is 9.13 Å². The lowest BCUT2D eigenvalue weighted by Gasteiger charge is -2.13. The molecule has 0 radical (unpaired) electrons. The number of aromatic nitrogens is 2. The number of para-hydroxylation sites is 3. The molecular formula is C31H24N2. The summed E-state index contributed by atoms with van der Waals surface area (Å²) in [6.07, 6.45) is 6.28. The maximum absolute atomic E-state index is 4.20. The molecule has 2 heteroatoms. The first-order valence-electron chi connectivity index (χ1n) is 11.3. The summed E-state index contributed by atoms with van der Waals surface area (Å²) in [6, 6.07) is 34.4. The van der Waals surface area contributed by atoms with Crippen molar-refractivity contribution in [1.82, 2.24) is 9.13 Å². The molecule has 0 bridgehead atoms. The van der Waals surface area contributed by atoms with E-state index >= 15 is 0 Å². The minimum atomic E-state index is 1.10. The Morgan fingerprint density at radius 2 is 1.18 bits per heavy atom. The summed E-state index contributed by atoms with van der Waals surface area (Å²) in [7, 11) is 0. The van der Waals surface area contributed by atoms with Crippen LogP contribution in [0.4, 0.5) is 0 Å². The Morgan fingerprint density at radius 3 is 1.85 bits per heavy atom. The summed E-state index contributed by atoms with van der Waals surface area (Å²) in [5, 5.41) is 3.73. The first kappa shape index (κ1) is 19.4. The number of allylic oxidation sites excluding steroid dienone is 1. The minimum absolute atomic E-state index is 1.10. The average Bonchev–Trinajstić information content (AvgIpc) is 3.38. The van der Waals surface area contributed by atoms with Crippen LogP contribution in [-0.4, -0.2) is 9.13 Å². The van der Waals surface area contributed by atoms with E-state index in [-0.39, 0.29) is 0 Å². The molecule has 0 atom stereocenters. The average molecular weight is 425 g/mol. The van der Waals surface area contributed by atoms with E-state index in [0.717, 1.165) is 17.1 Å². The number of benzene rings is 4. The van der Waals surface area contributed by atoms with Crippen LogP contribution in [0.2, 0.25) is 0 Å². The van der Waals surface area contributed by atoms with Crippen LogP contribution in [0.15, 0.2) is 110 Å². The van der Waals surface area contributed by atoms with E-state index in [1.54, 1.807) is 0 Å². The van der Waals surface area contributed by atoms with E-state index in [1.165, 1.54) is 38.3 Å². The van der Waals surface area contributed by atoms with Gasteiger partial charge in [-0.05, 0) is 43.3 Å². The van der Waals surface area contributed by atoms with E-state index in [2.05, 4.69) is 132 Å². The molecule has 0 saturated heterocycles. The first-order valence-corrected chi connectivity index (χ1v) is 11.3. The molecule has 0 saturated carbocycles. The van der Waals surface area contributed by atoms with Gasteiger partial charge in [-0.3, -0.25) is 0 Å². The van der Waals surface area contributed by atoms with Gasteiger partial charge in [0.1, 0.15) is 0 Å². The molecule has 0 spiro atoms. The predicted octanol–water partition coefficient (Wildman–Crippen LogP) is 8.40. The highest BCUT2D eigenvalue weighted by Gasteiger charge is 2.22. The van der Waals surface area contributed by atoms with Gasteiger partial charge in [0.25, 0.3) is 0 Å². The second-order valence-electron chi connectivity index (χ2n) is 8.22. The van der Waals surface area contributed by atoms with Crippen LogP contribution in [0.5, 0.6) is 0 Å². The first-order chi connectivity index (χ1) is 16.3. The molecule has 0 aliphatic carbocycles. The molecule has 33 heavy (non-hydrogen) atoms. The lowest BCUT2D eigenvalue weighted by atomic mass is 10.1. The molecule has 0 aliphatic heterocycles. The number of hydrogen-bond donors (Lipinski definition) is 0. The van der Waals surface area contributed by atoms with Crippen molar-refractivity contribution in [2.75, 3.05) is 0 Å². The maximum Gasteiger partial charge on any atom is 0.0788 e. The van der Waals surface area contributed by atoms with Crippen LogP contribution in [0, 0.1) is 0 Å². The van der Waals surface area contributed by atoms with Gasteiger partial charge in [0.2, 0.25) is 0 Å². The normalized spacial score (nSPS) is 11.8. The van der Waals surface area contributed by atoms with Crippen LogP contribution in [-0.2, 0) is 0 Å². The van der Waals surface area contributed by atoms with E-state index in [4.69, 9.17) is 0 Å². The number of rotatable bonds is 4. The summed E-state index contributed by atoms with van der Waals surface area (Å²) in [4.78, 5) is 0. The van der Waals surface area contributed by atoms with Gasteiger partial charge in [0.05, 0.1) is 22.2 Å². The quantitative estimate of drug-likeness (QED) is 0.269. The van der Waals surface area contributed by atoms with Crippen molar-refractivity contribution < 1.29 is 0 Å². The van der Waals surface area contributed by atoms with Crippen LogP contribution in [0.25, 0.3) is 56.2 Å². The van der Waals surface area contributed by atoms with Crippen LogP contribution in [0.1, 0.15) is 18.2 Å². The molecule has 158 valence electrons. The van der Waals surface area contributed by atoms with Crippen molar-refractivity contribution in [3.63, 3.8) is 0 Å². The summed E-state index contributed by atoms with van der Waals surface area (Å²) in [5.74, 6) is 0. The zero-order valence-corrected chi connectivity index (χ0v) is 18.6. The van der Waals surface area contributed by atoms with Gasteiger partial charge >= 0.3 is 0 Å². The fraction of sp³-hybridized carbons (Fsp3) is 0.0323. The topological polar surface area (TPSA) is 9.86 Å². The highest BCUT2D eigenvalue weighted by Crippen LogP contribution is 2.41. The van der Waals surface area contributed by atoms with E-state index < -0.39 is 0 Å². The van der Waals surface area contributed by atoms with Crippen molar-refractivity contribution >= 4 is 44.9 Å². The zero-order valence-electron chi connectivity index (χ0n) is 18.6. The van der Waals surface area contributed by atoms with Crippen molar-refractivity contribution in [2.24, 2.45) is 0 Å². The zero-order chi connectivity index (χ0) is 22.4. The van der Waals surface area contributed by atoms with Gasteiger partial charge in [-0.1, -0.05) is 85.5 Å². The molecule has 2 heterocycles. The predicted molar refractivity (Wildman–Crippen MR) is 142 cm³/mol. The number of nitrogens with zero attached hydrogens (tertiary/aromatic N) is 2. The fourth-order valence-electron chi connectivity index (χ4n) is 5.10. The van der Waals surface area contributed by atoms with Gasteiger partial charge in [0, 0.05) is 33.1 Å². The molecule has 6 aromatic rings. The van der Waals surface area contributed by atoms with Crippen molar-refractivity contribution in [3.8, 4) is 11.4 Å². The molecule has 0 amide bonds. The van der Waals surface area contributed by atoms with Crippen molar-refractivity contribution in [2.45, 2.75) is 6.92 Å². The molecule has 0 unspecified atom stereocenters. The van der Waals surface area contributed by atoms with Gasteiger partial charge in [0.15, 0.2) is 0 Å². The Bertz CT molecular complexity index is 1660. The second-order valence-corrected chi connectivity index (χ2v) is 8.22. The molecule has 2 nitrogen and oxygen atoms in total. The van der Waals surface area contributed by atoms with Gasteiger partial charge in [-0.15, -0.1) is 0 Å². The van der Waals surface area contributed by atoms with Crippen LogP contribution < -0.4 is 0 Å². The number of fused-ring (bicyclic) bond motifs is 5. The molecular weight excluding hydrogens is 400 g/mol. The Hall–Kier alpha value is -4.30. The lowest BCUT2D eigenvalue weighted by Crippen LogP contribution is -2.00. The fourth-order valence-corrected chi connectivity index (χ4v) is 5.10. The Kier molecular flexibility index (Phi) is 4.51. The third-order valence-corrected chi connectivity index (χ3v) is 6.40. The minimum Gasteiger partial charge on any atom is -0.307 e. The Morgan fingerprint density at radius 1 is 0.606 bits per heavy atom. The summed E-state index contributed by atoms with van der Waals surface area (Å²) >= 11 is 0. The Balaban J connectivity index is 1.93. The molecule has 0 fully saturated rings. The smallest absolute Gasteiger partial charge is 0.0788 e.